The molecule has 2 aromatic carbocycles. The Kier molecular flexibility index (Phi) is 7.91. The van der Waals surface area contributed by atoms with Crippen LogP contribution in [-0.4, -0.2) is 51.1 Å². The van der Waals surface area contributed by atoms with E-state index in [1.807, 2.05) is 44.4 Å². The molecule has 0 bridgehead atoms. The summed E-state index contributed by atoms with van der Waals surface area (Å²) in [5.74, 6) is 0.379. The maximum atomic E-state index is 12.6. The zero-order valence-electron chi connectivity index (χ0n) is 16.5. The highest BCUT2D eigenvalue weighted by molar-refractivity contribution is 7.98. The van der Waals surface area contributed by atoms with Crippen molar-refractivity contribution in [1.82, 2.24) is 9.62 Å². The number of rotatable bonds is 9. The van der Waals surface area contributed by atoms with E-state index < -0.39 is 10.0 Å². The molecule has 6 nitrogen and oxygen atoms in total. The van der Waals surface area contributed by atoms with Crippen molar-refractivity contribution in [1.29, 1.82) is 0 Å². The van der Waals surface area contributed by atoms with E-state index in [2.05, 4.69) is 5.32 Å². The van der Waals surface area contributed by atoms with Crippen LogP contribution in [0.25, 0.3) is 0 Å². The molecule has 0 radical (unpaired) electrons. The summed E-state index contributed by atoms with van der Waals surface area (Å²) in [4.78, 5) is 13.4. The first-order chi connectivity index (χ1) is 13.2. The van der Waals surface area contributed by atoms with Crippen LogP contribution in [0, 0.1) is 6.92 Å². The van der Waals surface area contributed by atoms with Gasteiger partial charge < -0.3 is 10.1 Å². The lowest BCUT2D eigenvalue weighted by atomic mass is 10.2. The van der Waals surface area contributed by atoms with E-state index in [1.54, 1.807) is 24.3 Å². The Hall–Kier alpha value is -2.03. The minimum Gasteiger partial charge on any atom is -0.491 e. The molecule has 0 aliphatic rings. The van der Waals surface area contributed by atoms with E-state index in [0.29, 0.717) is 6.61 Å². The van der Waals surface area contributed by atoms with Crippen molar-refractivity contribution in [3.05, 3.63) is 54.1 Å². The van der Waals surface area contributed by atoms with E-state index in [4.69, 9.17) is 4.74 Å². The topological polar surface area (TPSA) is 75.7 Å². The number of likely N-dealkylation sites (N-methyl/N-ethyl adjacent to an activating group) is 1. The molecular weight excluding hydrogens is 396 g/mol. The monoisotopic (exact) mass is 422 g/mol. The van der Waals surface area contributed by atoms with Crippen molar-refractivity contribution in [3.8, 4) is 5.75 Å². The highest BCUT2D eigenvalue weighted by Crippen LogP contribution is 2.20. The van der Waals surface area contributed by atoms with Crippen LogP contribution in [0.15, 0.2) is 58.3 Å². The van der Waals surface area contributed by atoms with E-state index in [1.165, 1.54) is 18.8 Å². The summed E-state index contributed by atoms with van der Waals surface area (Å²) in [5.41, 5.74) is 1.01. The Morgan fingerprint density at radius 1 is 1.18 bits per heavy atom. The minimum absolute atomic E-state index is 0.163. The van der Waals surface area contributed by atoms with E-state index in [9.17, 15) is 13.2 Å². The molecule has 0 aromatic heterocycles. The fourth-order valence-electron chi connectivity index (χ4n) is 2.51. The number of para-hydroxylation sites is 1. The van der Waals surface area contributed by atoms with Crippen LogP contribution in [0.4, 0.5) is 0 Å². The van der Waals surface area contributed by atoms with Crippen molar-refractivity contribution >= 4 is 27.7 Å². The summed E-state index contributed by atoms with van der Waals surface area (Å²) in [7, 11) is -2.33. The van der Waals surface area contributed by atoms with Gasteiger partial charge in [-0.2, -0.15) is 4.31 Å². The van der Waals surface area contributed by atoms with Gasteiger partial charge in [-0.05, 0) is 56.0 Å². The number of benzene rings is 2. The van der Waals surface area contributed by atoms with Crippen molar-refractivity contribution in [2.75, 3.05) is 26.5 Å². The molecule has 0 unspecified atom stereocenters. The summed E-state index contributed by atoms with van der Waals surface area (Å²) in [6.07, 6.45) is 1.92. The SMILES string of the molecule is CSc1ccc(S(=O)(=O)N(C)CC(=O)N[C@@H](C)COc2ccccc2C)cc1. The van der Waals surface area contributed by atoms with Crippen LogP contribution in [0.5, 0.6) is 5.75 Å². The third kappa shape index (κ3) is 5.98. The molecular formula is C20H26N2O4S2. The van der Waals surface area contributed by atoms with Gasteiger partial charge in [0.25, 0.3) is 0 Å². The molecule has 1 atom stereocenters. The number of carbonyl (C=O) groups is 1. The summed E-state index contributed by atoms with van der Waals surface area (Å²) < 4.78 is 32.0. The first kappa shape index (κ1) is 22.3. The molecule has 28 heavy (non-hydrogen) atoms. The molecule has 1 N–H and O–H groups in total. The first-order valence-corrected chi connectivity index (χ1v) is 11.5. The van der Waals surface area contributed by atoms with Gasteiger partial charge in [0.15, 0.2) is 0 Å². The van der Waals surface area contributed by atoms with Crippen molar-refractivity contribution in [2.45, 2.75) is 29.7 Å². The Balaban J connectivity index is 1.89. The number of nitrogens with zero attached hydrogens (tertiary/aromatic N) is 1. The number of ether oxygens (including phenoxy) is 1. The highest BCUT2D eigenvalue weighted by atomic mass is 32.2. The van der Waals surface area contributed by atoms with Crippen molar-refractivity contribution < 1.29 is 17.9 Å². The number of hydrogen-bond donors (Lipinski definition) is 1. The Bertz CT molecular complexity index is 899. The average molecular weight is 423 g/mol. The van der Waals surface area contributed by atoms with Crippen LogP contribution in [-0.2, 0) is 14.8 Å². The van der Waals surface area contributed by atoms with Crippen LogP contribution < -0.4 is 10.1 Å². The Morgan fingerprint density at radius 3 is 2.43 bits per heavy atom. The number of carbonyl (C=O) groups excluding carboxylic acids is 1. The first-order valence-electron chi connectivity index (χ1n) is 8.82. The lowest BCUT2D eigenvalue weighted by Crippen LogP contribution is -2.43. The van der Waals surface area contributed by atoms with Crippen LogP contribution in [0.3, 0.4) is 0 Å². The largest absolute Gasteiger partial charge is 0.491 e. The van der Waals surface area contributed by atoms with Crippen LogP contribution in [0.2, 0.25) is 0 Å². The van der Waals surface area contributed by atoms with Gasteiger partial charge in [-0.1, -0.05) is 18.2 Å². The third-order valence-electron chi connectivity index (χ3n) is 4.12. The maximum Gasteiger partial charge on any atom is 0.243 e. The Morgan fingerprint density at radius 2 is 1.82 bits per heavy atom. The number of hydrogen-bond acceptors (Lipinski definition) is 5. The zero-order valence-corrected chi connectivity index (χ0v) is 18.1. The van der Waals surface area contributed by atoms with Crippen LogP contribution in [0.1, 0.15) is 12.5 Å². The fraction of sp³-hybridized carbons (Fsp3) is 0.350. The molecule has 8 heteroatoms. The molecule has 152 valence electrons. The second kappa shape index (κ2) is 9.95. The van der Waals surface area contributed by atoms with Gasteiger partial charge >= 0.3 is 0 Å². The molecule has 0 aliphatic heterocycles. The molecule has 2 rings (SSSR count). The lowest BCUT2D eigenvalue weighted by molar-refractivity contribution is -0.121. The quantitative estimate of drug-likeness (QED) is 0.629. The second-order valence-corrected chi connectivity index (χ2v) is 9.41. The number of aryl methyl sites for hydroxylation is 1. The van der Waals surface area contributed by atoms with E-state index >= 15 is 0 Å². The minimum atomic E-state index is -3.72. The summed E-state index contributed by atoms with van der Waals surface area (Å²) in [5, 5.41) is 2.77. The predicted molar refractivity (Wildman–Crippen MR) is 112 cm³/mol. The molecule has 0 aliphatic carbocycles. The Labute approximate surface area is 171 Å². The molecule has 0 fully saturated rings. The lowest BCUT2D eigenvalue weighted by Gasteiger charge is -2.20. The summed E-state index contributed by atoms with van der Waals surface area (Å²) in [6.45, 7) is 3.79. The number of nitrogens with one attached hydrogen (secondary N) is 1. The second-order valence-electron chi connectivity index (χ2n) is 6.48. The average Bonchev–Trinajstić information content (AvgIpc) is 2.67. The predicted octanol–water partition coefficient (Wildman–Crippen LogP) is 2.92. The molecule has 0 saturated carbocycles. The van der Waals surface area contributed by atoms with Crippen molar-refractivity contribution in [2.24, 2.45) is 0 Å². The summed E-state index contributed by atoms with van der Waals surface area (Å²) in [6, 6.07) is 14.0. The molecule has 1 amide bonds. The van der Waals surface area contributed by atoms with Gasteiger partial charge in [-0.15, -0.1) is 11.8 Å². The van der Waals surface area contributed by atoms with Gasteiger partial charge in [0.1, 0.15) is 12.4 Å². The van der Waals surface area contributed by atoms with Gasteiger partial charge in [0.05, 0.1) is 17.5 Å². The van der Waals surface area contributed by atoms with Gasteiger partial charge in [0, 0.05) is 11.9 Å². The molecule has 2 aromatic rings. The molecule has 0 spiro atoms. The number of thioether (sulfide) groups is 1. The zero-order chi connectivity index (χ0) is 20.7. The van der Waals surface area contributed by atoms with Gasteiger partial charge in [-0.3, -0.25) is 4.79 Å². The summed E-state index contributed by atoms with van der Waals surface area (Å²) >= 11 is 1.53. The van der Waals surface area contributed by atoms with Gasteiger partial charge in [0.2, 0.25) is 15.9 Å². The fourth-order valence-corrected chi connectivity index (χ4v) is 4.05. The third-order valence-corrected chi connectivity index (χ3v) is 6.68. The van der Waals surface area contributed by atoms with E-state index in [-0.39, 0.29) is 23.4 Å². The normalized spacial score (nSPS) is 12.6. The standard InChI is InChI=1S/C20H26N2O4S2/c1-15-7-5-6-8-19(15)26-14-16(2)21-20(23)13-22(3)28(24,25)18-11-9-17(27-4)10-12-18/h5-12,16H,13-14H2,1-4H3,(H,21,23)/t16-/m0/s1. The van der Waals surface area contributed by atoms with Crippen molar-refractivity contribution in [3.63, 3.8) is 0 Å². The highest BCUT2D eigenvalue weighted by Gasteiger charge is 2.23. The number of sulfonamides is 1. The molecule has 0 saturated heterocycles. The van der Waals surface area contributed by atoms with E-state index in [0.717, 1.165) is 20.5 Å². The van der Waals surface area contributed by atoms with Gasteiger partial charge in [-0.25, -0.2) is 8.42 Å². The van der Waals surface area contributed by atoms with Crippen LogP contribution >= 0.6 is 11.8 Å². The smallest absolute Gasteiger partial charge is 0.243 e. The number of amides is 1. The molecule has 0 heterocycles. The maximum absolute atomic E-state index is 12.6.